The summed E-state index contributed by atoms with van der Waals surface area (Å²) < 4.78 is 5.51. The van der Waals surface area contributed by atoms with Crippen molar-refractivity contribution in [2.45, 2.75) is 18.9 Å². The van der Waals surface area contributed by atoms with Crippen LogP contribution in [-0.4, -0.2) is 49.4 Å². The van der Waals surface area contributed by atoms with Crippen molar-refractivity contribution in [3.63, 3.8) is 0 Å². The van der Waals surface area contributed by atoms with Gasteiger partial charge >= 0.3 is 0 Å². The maximum absolute atomic E-state index is 10.4. The number of phenols is 1. The van der Waals surface area contributed by atoms with Gasteiger partial charge in [-0.05, 0) is 24.8 Å². The Morgan fingerprint density at radius 1 is 1.17 bits per heavy atom. The van der Waals surface area contributed by atoms with Gasteiger partial charge in [0.2, 0.25) is 0 Å². The van der Waals surface area contributed by atoms with E-state index in [0.717, 1.165) is 57.8 Å². The third-order valence-electron chi connectivity index (χ3n) is 4.59. The van der Waals surface area contributed by atoms with Gasteiger partial charge in [0, 0.05) is 51.0 Å². The number of ether oxygens (including phenoxy) is 1. The number of para-hydroxylation sites is 1. The van der Waals surface area contributed by atoms with E-state index in [2.05, 4.69) is 10.2 Å². The average Bonchev–Trinajstić information content (AvgIpc) is 2.54. The minimum absolute atomic E-state index is 0. The Morgan fingerprint density at radius 3 is 2.48 bits per heavy atom. The Labute approximate surface area is 155 Å². The van der Waals surface area contributed by atoms with E-state index in [9.17, 15) is 5.11 Å². The van der Waals surface area contributed by atoms with Gasteiger partial charge in [-0.15, -0.1) is 24.8 Å². The number of aromatic hydroxyl groups is 1. The fourth-order valence-electron chi connectivity index (χ4n) is 3.51. The molecule has 0 aromatic heterocycles. The summed E-state index contributed by atoms with van der Waals surface area (Å²) in [5.41, 5.74) is 0.969. The Kier molecular flexibility index (Phi) is 8.98. The van der Waals surface area contributed by atoms with Crippen LogP contribution in [0.4, 0.5) is 0 Å². The van der Waals surface area contributed by atoms with Crippen LogP contribution < -0.4 is 5.32 Å². The molecule has 0 amide bonds. The number of piperazine rings is 1. The molecule has 3 rings (SSSR count). The normalized spacial score (nSPS) is 21.1. The zero-order valence-corrected chi connectivity index (χ0v) is 15.4. The lowest BCUT2D eigenvalue weighted by atomic mass is 9.85. The third-order valence-corrected chi connectivity index (χ3v) is 4.90. The van der Waals surface area contributed by atoms with Gasteiger partial charge in [-0.3, -0.25) is 4.90 Å². The first-order valence-corrected chi connectivity index (χ1v) is 8.15. The molecule has 2 fully saturated rings. The van der Waals surface area contributed by atoms with E-state index in [1.165, 1.54) is 0 Å². The second-order valence-electron chi connectivity index (χ2n) is 5.86. The van der Waals surface area contributed by atoms with Crippen LogP contribution in [0.1, 0.15) is 24.4 Å². The van der Waals surface area contributed by atoms with Gasteiger partial charge in [-0.25, -0.2) is 0 Å². The molecule has 2 heterocycles. The first kappa shape index (κ1) is 20.8. The molecule has 7 heteroatoms. The van der Waals surface area contributed by atoms with E-state index in [4.69, 9.17) is 16.3 Å². The minimum Gasteiger partial charge on any atom is -0.506 e. The molecule has 2 aliphatic rings. The zero-order valence-electron chi connectivity index (χ0n) is 13.0. The second-order valence-corrected chi connectivity index (χ2v) is 6.27. The van der Waals surface area contributed by atoms with Gasteiger partial charge in [0.15, 0.2) is 0 Å². The molecule has 0 bridgehead atoms. The van der Waals surface area contributed by atoms with Crippen molar-refractivity contribution in [1.29, 1.82) is 0 Å². The largest absolute Gasteiger partial charge is 0.506 e. The topological polar surface area (TPSA) is 44.7 Å². The van der Waals surface area contributed by atoms with Gasteiger partial charge in [0.1, 0.15) is 5.75 Å². The Balaban J connectivity index is 0.00000132. The van der Waals surface area contributed by atoms with Crippen LogP contribution in [0.2, 0.25) is 5.02 Å². The average molecular weight is 384 g/mol. The van der Waals surface area contributed by atoms with Crippen LogP contribution in [0, 0.1) is 5.92 Å². The van der Waals surface area contributed by atoms with Gasteiger partial charge in [0.05, 0.1) is 5.02 Å². The van der Waals surface area contributed by atoms with E-state index >= 15 is 0 Å². The molecule has 0 radical (unpaired) electrons. The van der Waals surface area contributed by atoms with Gasteiger partial charge < -0.3 is 15.2 Å². The van der Waals surface area contributed by atoms with Crippen LogP contribution in [0.25, 0.3) is 0 Å². The van der Waals surface area contributed by atoms with Crippen molar-refractivity contribution in [1.82, 2.24) is 10.2 Å². The predicted octanol–water partition coefficient (Wildman–Crippen LogP) is 3.26. The SMILES string of the molecule is Cl.Cl.Oc1c(Cl)cccc1[C@@H](C1CCOCC1)N1CCNCC1. The number of rotatable bonds is 3. The number of nitrogens with one attached hydrogen (secondary N) is 1. The fourth-order valence-corrected chi connectivity index (χ4v) is 3.69. The fraction of sp³-hybridized carbons (Fsp3) is 0.625. The molecule has 0 saturated carbocycles. The molecular weight excluding hydrogens is 359 g/mol. The second kappa shape index (κ2) is 9.92. The monoisotopic (exact) mass is 382 g/mol. The molecule has 132 valence electrons. The molecule has 0 unspecified atom stereocenters. The summed E-state index contributed by atoms with van der Waals surface area (Å²) in [6.45, 7) is 5.65. The van der Waals surface area contributed by atoms with Crippen molar-refractivity contribution in [3.05, 3.63) is 28.8 Å². The summed E-state index contributed by atoms with van der Waals surface area (Å²) in [5.74, 6) is 0.760. The van der Waals surface area contributed by atoms with E-state index < -0.39 is 0 Å². The number of benzene rings is 1. The molecule has 0 spiro atoms. The summed E-state index contributed by atoms with van der Waals surface area (Å²) in [4.78, 5) is 2.48. The Hall–Kier alpha value is -0.230. The van der Waals surface area contributed by atoms with Crippen molar-refractivity contribution in [2.24, 2.45) is 5.92 Å². The Bertz CT molecular complexity index is 460. The number of hydrogen-bond donors (Lipinski definition) is 2. The van der Waals surface area contributed by atoms with Gasteiger partial charge in [0.25, 0.3) is 0 Å². The van der Waals surface area contributed by atoms with E-state index in [0.29, 0.717) is 10.9 Å². The third kappa shape index (κ3) is 4.88. The number of hydrogen-bond acceptors (Lipinski definition) is 4. The van der Waals surface area contributed by atoms with Crippen LogP contribution in [0.3, 0.4) is 0 Å². The lowest BCUT2D eigenvalue weighted by Crippen LogP contribution is -2.47. The quantitative estimate of drug-likeness (QED) is 0.841. The molecule has 4 nitrogen and oxygen atoms in total. The van der Waals surface area contributed by atoms with Gasteiger partial charge in [-0.2, -0.15) is 0 Å². The zero-order chi connectivity index (χ0) is 14.7. The first-order chi connectivity index (χ1) is 10.3. The molecule has 2 aliphatic heterocycles. The van der Waals surface area contributed by atoms with Crippen molar-refractivity contribution in [2.75, 3.05) is 39.4 Å². The minimum atomic E-state index is 0. The maximum Gasteiger partial charge on any atom is 0.138 e. The molecule has 2 saturated heterocycles. The first-order valence-electron chi connectivity index (χ1n) is 7.77. The lowest BCUT2D eigenvalue weighted by Gasteiger charge is -2.41. The van der Waals surface area contributed by atoms with Crippen LogP contribution in [0.5, 0.6) is 5.75 Å². The van der Waals surface area contributed by atoms with Gasteiger partial charge in [-0.1, -0.05) is 23.7 Å². The van der Waals surface area contributed by atoms with E-state index in [-0.39, 0.29) is 36.6 Å². The molecular formula is C16H25Cl3N2O2. The summed E-state index contributed by atoms with van der Waals surface area (Å²) >= 11 is 6.13. The number of phenolic OH excluding ortho intramolecular Hbond substituents is 1. The van der Waals surface area contributed by atoms with E-state index in [1.54, 1.807) is 6.07 Å². The summed E-state index contributed by atoms with van der Waals surface area (Å²) in [5, 5.41) is 14.3. The molecule has 2 N–H and O–H groups in total. The molecule has 0 aliphatic carbocycles. The van der Waals surface area contributed by atoms with Crippen LogP contribution >= 0.6 is 36.4 Å². The van der Waals surface area contributed by atoms with Crippen LogP contribution in [0.15, 0.2) is 18.2 Å². The van der Waals surface area contributed by atoms with Crippen LogP contribution in [-0.2, 0) is 4.74 Å². The van der Waals surface area contributed by atoms with E-state index in [1.807, 2.05) is 12.1 Å². The molecule has 1 aromatic rings. The smallest absolute Gasteiger partial charge is 0.138 e. The summed E-state index contributed by atoms with van der Waals surface area (Å²) in [6.07, 6.45) is 2.08. The standard InChI is InChI=1S/C16H23ClN2O2.2ClH/c17-14-3-1-2-13(16(14)20)15(12-4-10-21-11-5-12)19-8-6-18-7-9-19;;/h1-3,12,15,18,20H,4-11H2;2*1H/t15-;;/m1../s1. The highest BCUT2D eigenvalue weighted by molar-refractivity contribution is 6.32. The maximum atomic E-state index is 10.4. The molecule has 1 atom stereocenters. The Morgan fingerprint density at radius 2 is 1.83 bits per heavy atom. The highest BCUT2D eigenvalue weighted by atomic mass is 35.5. The van der Waals surface area contributed by atoms with Crippen molar-refractivity contribution in [3.8, 4) is 5.75 Å². The summed E-state index contributed by atoms with van der Waals surface area (Å²) in [7, 11) is 0. The number of nitrogens with zero attached hydrogens (tertiary/aromatic N) is 1. The highest BCUT2D eigenvalue weighted by Crippen LogP contribution is 2.41. The lowest BCUT2D eigenvalue weighted by molar-refractivity contribution is 0.0206. The number of halogens is 3. The molecule has 23 heavy (non-hydrogen) atoms. The molecule has 1 aromatic carbocycles. The predicted molar refractivity (Wildman–Crippen MR) is 98.3 cm³/mol. The van der Waals surface area contributed by atoms with Crippen molar-refractivity contribution < 1.29 is 9.84 Å². The summed E-state index contributed by atoms with van der Waals surface area (Å²) in [6, 6.07) is 5.93. The highest BCUT2D eigenvalue weighted by Gasteiger charge is 2.33. The van der Waals surface area contributed by atoms with Crippen molar-refractivity contribution >= 4 is 36.4 Å².